The molecule has 16 heteroatoms. The Bertz CT molecular complexity index is 1680. The minimum absolute atomic E-state index is 0.0796. The molecule has 0 aromatic heterocycles. The average molecular weight is 714 g/mol. The van der Waals surface area contributed by atoms with Crippen LogP contribution in [0.25, 0.3) is 0 Å². The maximum absolute atomic E-state index is 15.1. The molecule has 232 valence electrons. The van der Waals surface area contributed by atoms with Gasteiger partial charge in [-0.2, -0.15) is 0 Å². The molecule has 3 N–H and O–H groups in total. The summed E-state index contributed by atoms with van der Waals surface area (Å²) < 4.78 is 62.5. The molecule has 1 unspecified atom stereocenters. The first-order valence-electron chi connectivity index (χ1n) is 12.7. The average Bonchev–Trinajstić information content (AvgIpc) is 3.26. The number of alkyl halides is 2. The Morgan fingerprint density at radius 2 is 1.52 bits per heavy atom. The summed E-state index contributed by atoms with van der Waals surface area (Å²) in [6, 6.07) is 5.87. The lowest BCUT2D eigenvalue weighted by molar-refractivity contribution is -0.124. The van der Waals surface area contributed by atoms with Crippen LogP contribution in [0.15, 0.2) is 36.4 Å². The molecule has 3 aromatic carbocycles. The standard InChI is InChI=1S/C28H18Cl5F4N3O4/c29-13-6-10(7-14(30)21(13)31)19-20(28(19,32)33)27(43)38-11-8-12(22(36)16(35)9-11)25(41)40-24-15(34)3-4-17(23(24)37)39-26(42)18-2-1-5-44-18/h3-4,6-9,18-20H,1-2,5H2,(H,38,43)(H,39,42)(H,40,41)/t18?,19-,20+/m0/s1. The van der Waals surface area contributed by atoms with Gasteiger partial charge in [0.15, 0.2) is 17.5 Å². The smallest absolute Gasteiger partial charge is 0.258 e. The molecule has 1 saturated heterocycles. The van der Waals surface area contributed by atoms with E-state index in [1.54, 1.807) is 0 Å². The predicted molar refractivity (Wildman–Crippen MR) is 159 cm³/mol. The first-order valence-corrected chi connectivity index (χ1v) is 14.6. The molecule has 3 amide bonds. The molecule has 3 aromatic rings. The molecular formula is C28H18Cl5F4N3O4. The van der Waals surface area contributed by atoms with Crippen molar-refractivity contribution >= 4 is 92.8 Å². The summed E-state index contributed by atoms with van der Waals surface area (Å²) in [6.07, 6.45) is 0.194. The normalized spacial score (nSPS) is 20.2. The van der Waals surface area contributed by atoms with Gasteiger partial charge in [-0.15, -0.1) is 23.2 Å². The van der Waals surface area contributed by atoms with Crippen molar-refractivity contribution in [1.82, 2.24) is 0 Å². The third kappa shape index (κ3) is 6.31. The van der Waals surface area contributed by atoms with Gasteiger partial charge in [0.05, 0.1) is 32.2 Å². The third-order valence-corrected chi connectivity index (χ3v) is 9.19. The molecule has 7 nitrogen and oxygen atoms in total. The fraction of sp³-hybridized carbons (Fsp3) is 0.250. The van der Waals surface area contributed by atoms with Gasteiger partial charge in [0, 0.05) is 24.3 Å². The number of nitrogens with one attached hydrogen (secondary N) is 3. The van der Waals surface area contributed by atoms with Crippen LogP contribution in [-0.4, -0.2) is 34.8 Å². The van der Waals surface area contributed by atoms with Crippen LogP contribution in [0.4, 0.5) is 34.6 Å². The summed E-state index contributed by atoms with van der Waals surface area (Å²) in [5, 5.41) is 6.67. The molecule has 2 fully saturated rings. The van der Waals surface area contributed by atoms with Crippen molar-refractivity contribution in [1.29, 1.82) is 0 Å². The molecule has 1 aliphatic heterocycles. The Morgan fingerprint density at radius 1 is 0.841 bits per heavy atom. The predicted octanol–water partition coefficient (Wildman–Crippen LogP) is 8.10. The van der Waals surface area contributed by atoms with Gasteiger partial charge in [-0.3, -0.25) is 14.4 Å². The quantitative estimate of drug-likeness (QED) is 0.131. The fourth-order valence-electron chi connectivity index (χ4n) is 4.81. The molecule has 3 atom stereocenters. The van der Waals surface area contributed by atoms with Crippen molar-refractivity contribution in [2.45, 2.75) is 29.2 Å². The molecule has 0 bridgehead atoms. The van der Waals surface area contributed by atoms with Crippen molar-refractivity contribution in [3.8, 4) is 0 Å². The van der Waals surface area contributed by atoms with Crippen LogP contribution >= 0.6 is 58.0 Å². The lowest BCUT2D eigenvalue weighted by Gasteiger charge is -2.15. The van der Waals surface area contributed by atoms with Crippen molar-refractivity contribution < 1.29 is 36.7 Å². The van der Waals surface area contributed by atoms with Gasteiger partial charge in [-0.05, 0) is 48.7 Å². The number of ether oxygens (including phenoxy) is 1. The lowest BCUT2D eigenvalue weighted by Crippen LogP contribution is -2.27. The first-order chi connectivity index (χ1) is 20.7. The highest BCUT2D eigenvalue weighted by atomic mass is 35.5. The topological polar surface area (TPSA) is 96.5 Å². The summed E-state index contributed by atoms with van der Waals surface area (Å²) in [6.45, 7) is 0.346. The summed E-state index contributed by atoms with van der Waals surface area (Å²) in [4.78, 5) is 38.3. The zero-order chi connectivity index (χ0) is 32.1. The number of amides is 3. The monoisotopic (exact) mass is 711 g/mol. The first kappa shape index (κ1) is 32.6. The van der Waals surface area contributed by atoms with E-state index in [-0.39, 0.29) is 20.8 Å². The zero-order valence-electron chi connectivity index (χ0n) is 21.9. The van der Waals surface area contributed by atoms with Crippen LogP contribution < -0.4 is 16.0 Å². The molecule has 44 heavy (non-hydrogen) atoms. The number of hydrogen-bond donors (Lipinski definition) is 3. The highest BCUT2D eigenvalue weighted by Crippen LogP contribution is 2.65. The maximum atomic E-state index is 15.1. The number of carbonyl (C=O) groups excluding carboxylic acids is 3. The van der Waals surface area contributed by atoms with E-state index in [0.717, 1.165) is 18.2 Å². The summed E-state index contributed by atoms with van der Waals surface area (Å²) in [5.41, 5.74) is -2.52. The second kappa shape index (κ2) is 12.5. The Labute approximate surface area is 272 Å². The minimum Gasteiger partial charge on any atom is -0.368 e. The Hall–Kier alpha value is -2.80. The van der Waals surface area contributed by atoms with Crippen molar-refractivity contribution in [2.24, 2.45) is 5.92 Å². The molecule has 2 aliphatic rings. The SMILES string of the molecule is O=C(Nc1c(F)ccc(NC(=O)C2CCCO2)c1F)c1cc(NC(=O)[C@H]2[C@H](c3cc(Cl)c(Cl)c(Cl)c3)C2(Cl)Cl)cc(F)c1F. The largest absolute Gasteiger partial charge is 0.368 e. The van der Waals surface area contributed by atoms with Crippen LogP contribution in [-0.2, 0) is 14.3 Å². The van der Waals surface area contributed by atoms with E-state index in [4.69, 9.17) is 62.7 Å². The van der Waals surface area contributed by atoms with E-state index < -0.39 is 80.2 Å². The van der Waals surface area contributed by atoms with Gasteiger partial charge >= 0.3 is 0 Å². The van der Waals surface area contributed by atoms with E-state index in [0.29, 0.717) is 31.1 Å². The Kier molecular flexibility index (Phi) is 9.28. The second-order valence-corrected chi connectivity index (χ2v) is 12.6. The lowest BCUT2D eigenvalue weighted by atomic mass is 10.1. The van der Waals surface area contributed by atoms with E-state index in [2.05, 4.69) is 10.6 Å². The fourth-order valence-corrected chi connectivity index (χ4v) is 6.25. The van der Waals surface area contributed by atoms with Gasteiger partial charge in [0.25, 0.3) is 11.8 Å². The number of rotatable bonds is 7. The molecule has 0 radical (unpaired) electrons. The minimum atomic E-state index is -1.66. The van der Waals surface area contributed by atoms with E-state index >= 15 is 4.39 Å². The molecule has 0 spiro atoms. The number of hydrogen-bond acceptors (Lipinski definition) is 4. The van der Waals surface area contributed by atoms with Crippen LogP contribution in [0.3, 0.4) is 0 Å². The van der Waals surface area contributed by atoms with Crippen LogP contribution in [0.2, 0.25) is 15.1 Å². The highest BCUT2D eigenvalue weighted by Gasteiger charge is 2.67. The molecule has 1 saturated carbocycles. The molecule has 1 aliphatic carbocycles. The number of carbonyl (C=O) groups is 3. The number of halogens is 9. The van der Waals surface area contributed by atoms with Crippen molar-refractivity contribution in [3.05, 3.63) is 85.9 Å². The molecular weight excluding hydrogens is 696 g/mol. The van der Waals surface area contributed by atoms with Gasteiger partial charge in [-0.1, -0.05) is 34.8 Å². The summed E-state index contributed by atoms with van der Waals surface area (Å²) in [7, 11) is 0. The van der Waals surface area contributed by atoms with Crippen molar-refractivity contribution in [2.75, 3.05) is 22.6 Å². The highest BCUT2D eigenvalue weighted by molar-refractivity contribution is 6.54. The van der Waals surface area contributed by atoms with Gasteiger partial charge in [0.2, 0.25) is 5.91 Å². The zero-order valence-corrected chi connectivity index (χ0v) is 25.6. The second-order valence-electron chi connectivity index (χ2n) is 9.97. The van der Waals surface area contributed by atoms with Crippen molar-refractivity contribution in [3.63, 3.8) is 0 Å². The Balaban J connectivity index is 1.35. The van der Waals surface area contributed by atoms with Gasteiger partial charge < -0.3 is 20.7 Å². The Morgan fingerprint density at radius 3 is 2.16 bits per heavy atom. The summed E-state index contributed by atoms with van der Waals surface area (Å²) in [5.74, 6) is -10.8. The van der Waals surface area contributed by atoms with E-state index in [1.807, 2.05) is 5.32 Å². The number of anilines is 3. The van der Waals surface area contributed by atoms with Crippen LogP contribution in [0.5, 0.6) is 0 Å². The van der Waals surface area contributed by atoms with E-state index in [9.17, 15) is 27.6 Å². The maximum Gasteiger partial charge on any atom is 0.258 e. The summed E-state index contributed by atoms with van der Waals surface area (Å²) >= 11 is 30.8. The van der Waals surface area contributed by atoms with Crippen LogP contribution in [0, 0.1) is 29.2 Å². The molecule has 1 heterocycles. The van der Waals surface area contributed by atoms with Gasteiger partial charge in [0.1, 0.15) is 21.9 Å². The third-order valence-electron chi connectivity index (χ3n) is 7.05. The van der Waals surface area contributed by atoms with Gasteiger partial charge in [-0.25, -0.2) is 17.6 Å². The molecule has 5 rings (SSSR count). The van der Waals surface area contributed by atoms with E-state index in [1.165, 1.54) is 12.1 Å². The van der Waals surface area contributed by atoms with Crippen LogP contribution in [0.1, 0.15) is 34.7 Å². The number of benzene rings is 3.